The Morgan fingerprint density at radius 2 is 1.61 bits per heavy atom. The lowest BCUT2D eigenvalue weighted by molar-refractivity contribution is -0.318. The lowest BCUT2D eigenvalue weighted by atomic mass is 9.73. The van der Waals surface area contributed by atoms with E-state index in [-0.39, 0.29) is 37.2 Å². The summed E-state index contributed by atoms with van der Waals surface area (Å²) in [5.41, 5.74) is -4.80. The first-order chi connectivity index (χ1) is 23.4. The van der Waals surface area contributed by atoms with Gasteiger partial charge in [-0.15, -0.1) is 0 Å². The fourth-order valence-electron chi connectivity index (χ4n) is 8.41. The monoisotopic (exact) mass is 733 g/mol. The van der Waals surface area contributed by atoms with Crippen molar-refractivity contribution in [3.05, 3.63) is 0 Å². The molecule has 3 saturated heterocycles. The van der Waals surface area contributed by atoms with Gasteiger partial charge in [0.25, 0.3) is 0 Å². The summed E-state index contributed by atoms with van der Waals surface area (Å²) in [5.74, 6) is -5.05. The molecule has 0 bridgehead atoms. The molecule has 3 heterocycles. The zero-order valence-corrected chi connectivity index (χ0v) is 32.9. The molecule has 298 valence electrons. The molecular formula is C37H67NO13. The zero-order valence-electron chi connectivity index (χ0n) is 32.9. The molecule has 3 aliphatic rings. The van der Waals surface area contributed by atoms with E-state index < -0.39 is 102 Å². The molecule has 0 radical (unpaired) electrons. The van der Waals surface area contributed by atoms with E-state index in [1.54, 1.807) is 48.5 Å². The van der Waals surface area contributed by atoms with Crippen molar-refractivity contribution in [3.8, 4) is 0 Å². The van der Waals surface area contributed by atoms with Gasteiger partial charge >= 0.3 is 5.97 Å². The lowest BCUT2D eigenvalue weighted by Crippen LogP contribution is -2.61. The van der Waals surface area contributed by atoms with Crippen LogP contribution in [0.2, 0.25) is 0 Å². The second-order valence-corrected chi connectivity index (χ2v) is 16.5. The average molecular weight is 734 g/mol. The van der Waals surface area contributed by atoms with E-state index >= 15 is 0 Å². The van der Waals surface area contributed by atoms with Crippen LogP contribution in [-0.4, -0.2) is 148 Å². The molecule has 51 heavy (non-hydrogen) atoms. The molecule has 1 unspecified atom stereocenters. The van der Waals surface area contributed by atoms with E-state index in [2.05, 4.69) is 0 Å². The largest absolute Gasteiger partial charge is 0.458 e. The van der Waals surface area contributed by atoms with E-state index in [0.29, 0.717) is 6.42 Å². The third-order valence-corrected chi connectivity index (χ3v) is 11.8. The maximum absolute atomic E-state index is 14.2. The number of aliphatic hydroxyl groups is 5. The Kier molecular flexibility index (Phi) is 14.7. The Labute approximate surface area is 304 Å². The van der Waals surface area contributed by atoms with Crippen molar-refractivity contribution in [3.63, 3.8) is 0 Å². The van der Waals surface area contributed by atoms with Crippen LogP contribution in [0.5, 0.6) is 0 Å². The van der Waals surface area contributed by atoms with Crippen molar-refractivity contribution in [1.82, 2.24) is 4.90 Å². The Morgan fingerprint density at radius 3 is 2.16 bits per heavy atom. The Balaban J connectivity index is 2.17. The number of carbonyl (C=O) groups is 2. The van der Waals surface area contributed by atoms with E-state index in [4.69, 9.17) is 28.4 Å². The van der Waals surface area contributed by atoms with Crippen LogP contribution < -0.4 is 0 Å². The number of carbonyl (C=O) groups excluding carboxylic acids is 2. The van der Waals surface area contributed by atoms with Crippen molar-refractivity contribution in [1.29, 1.82) is 0 Å². The molecule has 0 aromatic rings. The number of hydrogen-bond acceptors (Lipinski definition) is 14. The quantitative estimate of drug-likeness (QED) is 0.215. The first-order valence-electron chi connectivity index (χ1n) is 18.5. The summed E-state index contributed by atoms with van der Waals surface area (Å²) >= 11 is 0. The van der Waals surface area contributed by atoms with Gasteiger partial charge in [-0.2, -0.15) is 0 Å². The predicted octanol–water partition coefficient (Wildman–Crippen LogP) is 1.79. The highest BCUT2D eigenvalue weighted by Gasteiger charge is 2.54. The fraction of sp³-hybridized carbons (Fsp3) is 0.946. The molecule has 0 amide bonds. The summed E-state index contributed by atoms with van der Waals surface area (Å²) < 4.78 is 37.1. The van der Waals surface area contributed by atoms with Crippen LogP contribution in [0.3, 0.4) is 0 Å². The number of rotatable bonds is 9. The number of ketones is 1. The smallest absolute Gasteiger partial charge is 0.311 e. The van der Waals surface area contributed by atoms with Crippen LogP contribution in [0.4, 0.5) is 0 Å². The summed E-state index contributed by atoms with van der Waals surface area (Å²) in [6.07, 6.45) is -9.57. The minimum absolute atomic E-state index is 0.0942. The minimum atomic E-state index is -1.99. The van der Waals surface area contributed by atoms with Gasteiger partial charge in [0.05, 0.1) is 53.6 Å². The van der Waals surface area contributed by atoms with Gasteiger partial charge in [0.2, 0.25) is 0 Å². The lowest BCUT2D eigenvalue weighted by Gasteiger charge is -2.49. The maximum atomic E-state index is 14.2. The second kappa shape index (κ2) is 17.0. The number of cyclic esters (lactones) is 1. The Morgan fingerprint density at radius 1 is 1.00 bits per heavy atom. The van der Waals surface area contributed by atoms with Crippen molar-refractivity contribution >= 4 is 11.8 Å². The first-order valence-corrected chi connectivity index (χ1v) is 18.5. The van der Waals surface area contributed by atoms with Crippen LogP contribution in [0.1, 0.15) is 94.9 Å². The van der Waals surface area contributed by atoms with Gasteiger partial charge in [-0.1, -0.05) is 27.7 Å². The van der Waals surface area contributed by atoms with Crippen molar-refractivity contribution < 1.29 is 63.5 Å². The summed E-state index contributed by atoms with van der Waals surface area (Å²) in [7, 11) is 5.18. The summed E-state index contributed by atoms with van der Waals surface area (Å²) in [4.78, 5) is 30.1. The van der Waals surface area contributed by atoms with Crippen LogP contribution in [0.25, 0.3) is 0 Å². The normalized spacial score (nSPS) is 46.8. The van der Waals surface area contributed by atoms with Crippen LogP contribution in [0.15, 0.2) is 0 Å². The summed E-state index contributed by atoms with van der Waals surface area (Å²) in [6, 6.07) is -0.314. The molecule has 3 fully saturated rings. The van der Waals surface area contributed by atoms with E-state index in [9.17, 15) is 35.1 Å². The van der Waals surface area contributed by atoms with Gasteiger partial charge < -0.3 is 58.9 Å². The number of ether oxygens (including phenoxy) is 6. The molecule has 3 aliphatic heterocycles. The van der Waals surface area contributed by atoms with Gasteiger partial charge in [-0.05, 0) is 74.9 Å². The molecule has 0 aliphatic carbocycles. The molecule has 18 atom stereocenters. The standard InChI is InChI=1S/C37H67NO13/c1-14-25(39)37(10,45)32-20(4)27(40)18(2)16-35(8,44)31(51-34-28(41)24(38(11)12)15-19(3)47-34)21(5)29(22(6)33(43)50-32)49-26-17-36(9,46-13)30(42)23(7)48-26/h18-26,28-32,34,39,41-42,44-45H,14-17H2,1-13H3/t18-,19-,20+,21+,22-,23+,24+,25-,26+,28-,29?,30+,31-,32-,34+,35-,36-,37-/m1/s1. The van der Waals surface area contributed by atoms with Crippen LogP contribution in [-0.2, 0) is 38.0 Å². The van der Waals surface area contributed by atoms with Crippen LogP contribution >= 0.6 is 0 Å². The number of esters is 1. The summed E-state index contributed by atoms with van der Waals surface area (Å²) in [5, 5.41) is 57.1. The molecule has 14 nitrogen and oxygen atoms in total. The maximum Gasteiger partial charge on any atom is 0.311 e. The molecule has 14 heteroatoms. The van der Waals surface area contributed by atoms with Gasteiger partial charge in [-0.3, -0.25) is 9.59 Å². The Hall–Kier alpha value is -1.30. The zero-order chi connectivity index (χ0) is 39.0. The number of hydrogen-bond donors (Lipinski definition) is 5. The molecule has 0 spiro atoms. The molecule has 3 rings (SSSR count). The highest BCUT2D eigenvalue weighted by atomic mass is 16.7. The highest BCUT2D eigenvalue weighted by molar-refractivity contribution is 5.84. The first kappa shape index (κ1) is 44.1. The van der Waals surface area contributed by atoms with Crippen molar-refractivity contribution in [2.45, 2.75) is 179 Å². The van der Waals surface area contributed by atoms with E-state index in [1.807, 2.05) is 25.9 Å². The van der Waals surface area contributed by atoms with Gasteiger partial charge in [0, 0.05) is 31.4 Å². The molecule has 5 N–H and O–H groups in total. The average Bonchev–Trinajstić information content (AvgIpc) is 3.05. The minimum Gasteiger partial charge on any atom is -0.458 e. The fourth-order valence-corrected chi connectivity index (χ4v) is 8.41. The molecule has 0 aromatic heterocycles. The van der Waals surface area contributed by atoms with Crippen LogP contribution in [0, 0.1) is 23.7 Å². The summed E-state index contributed by atoms with van der Waals surface area (Å²) in [6.45, 7) is 16.3. The topological polar surface area (TPSA) is 194 Å². The van der Waals surface area contributed by atoms with Gasteiger partial charge in [-0.25, -0.2) is 0 Å². The van der Waals surface area contributed by atoms with Gasteiger partial charge in [0.1, 0.15) is 29.7 Å². The predicted molar refractivity (Wildman–Crippen MR) is 186 cm³/mol. The number of Topliss-reactive ketones (excluding diaryl/α,β-unsaturated/α-hetero) is 1. The second-order valence-electron chi connectivity index (χ2n) is 16.5. The van der Waals surface area contributed by atoms with Gasteiger partial charge in [0.15, 0.2) is 12.6 Å². The number of methoxy groups -OCH3 is 1. The third kappa shape index (κ3) is 9.51. The van der Waals surface area contributed by atoms with Crippen molar-refractivity contribution in [2.75, 3.05) is 21.2 Å². The number of aliphatic hydroxyl groups excluding tert-OH is 3. The molecule has 0 aromatic carbocycles. The molecular weight excluding hydrogens is 666 g/mol. The van der Waals surface area contributed by atoms with Crippen molar-refractivity contribution in [2.24, 2.45) is 23.7 Å². The molecule has 0 saturated carbocycles. The number of likely N-dealkylation sites (N-methyl/N-ethyl adjacent to an activating group) is 1. The van der Waals surface area contributed by atoms with E-state index in [1.165, 1.54) is 21.0 Å². The highest BCUT2D eigenvalue weighted by Crippen LogP contribution is 2.41. The number of nitrogens with zero attached hydrogens (tertiary/aromatic N) is 1. The third-order valence-electron chi connectivity index (χ3n) is 11.8. The SMILES string of the molecule is CC[C@@H](O)[C@@](C)(O)[C@@H]1OC(=O)[C@H](C)C(O[C@H]2C[C@@](C)(OC)[C@@H](O)[C@H](C)O2)[C@H](C)[C@@H](O[C@@H]2O[C@H](C)C[C@H](N(C)C)[C@H]2O)[C@](C)(O)C[C@@H](C)C(=O)[C@@H]1C. The van der Waals surface area contributed by atoms with E-state index in [0.717, 1.165) is 0 Å². The Bertz CT molecular complexity index is 1170.